The second kappa shape index (κ2) is 10.0. The molecular weight excluding hydrogens is 252 g/mol. The first kappa shape index (κ1) is 18.2. The Morgan fingerprint density at radius 2 is 1.55 bits per heavy atom. The molecule has 1 amide bonds. The molecule has 0 fully saturated rings. The average Bonchev–Trinajstić information content (AvgIpc) is 2.38. The third kappa shape index (κ3) is 6.95. The van der Waals surface area contributed by atoms with Gasteiger partial charge in [0.25, 0.3) is 0 Å². The molecule has 0 aromatic heterocycles. The first-order valence-corrected chi connectivity index (χ1v) is 6.66. The van der Waals surface area contributed by atoms with E-state index in [0.29, 0.717) is 19.4 Å². The number of rotatable bonds is 12. The van der Waals surface area contributed by atoms with E-state index < -0.39 is 6.09 Å². The van der Waals surface area contributed by atoms with Crippen LogP contribution < -0.4 is 5.32 Å². The predicted molar refractivity (Wildman–Crippen MR) is 84.9 cm³/mol. The molecule has 112 valence electrons. The van der Waals surface area contributed by atoms with Crippen LogP contribution in [0.2, 0.25) is 0 Å². The van der Waals surface area contributed by atoms with Gasteiger partial charge in [-0.15, -0.1) is 26.3 Å². The van der Waals surface area contributed by atoms with Crippen molar-refractivity contribution >= 4 is 6.09 Å². The molecule has 4 nitrogen and oxygen atoms in total. The fourth-order valence-corrected chi connectivity index (χ4v) is 2.33. The summed E-state index contributed by atoms with van der Waals surface area (Å²) in [6.45, 7) is 17.6. The summed E-state index contributed by atoms with van der Waals surface area (Å²) in [5.74, 6) is 0. The molecule has 0 aromatic carbocycles. The summed E-state index contributed by atoms with van der Waals surface area (Å²) in [4.78, 5) is 13.0. The van der Waals surface area contributed by atoms with Crippen LogP contribution in [0.4, 0.5) is 4.79 Å². The van der Waals surface area contributed by atoms with E-state index in [2.05, 4.69) is 36.5 Å². The number of carbonyl (C=O) groups is 1. The summed E-state index contributed by atoms with van der Waals surface area (Å²) >= 11 is 0. The lowest BCUT2D eigenvalue weighted by Crippen LogP contribution is -2.45. The Morgan fingerprint density at radius 3 is 1.90 bits per heavy atom. The van der Waals surface area contributed by atoms with Gasteiger partial charge < -0.3 is 10.4 Å². The van der Waals surface area contributed by atoms with Crippen LogP contribution in [0.3, 0.4) is 0 Å². The monoisotopic (exact) mass is 278 g/mol. The number of nitrogens with one attached hydrogen (secondary N) is 1. The molecule has 0 saturated heterocycles. The molecule has 0 radical (unpaired) electrons. The fourth-order valence-electron chi connectivity index (χ4n) is 2.33. The second-order valence-electron chi connectivity index (χ2n) is 4.92. The average molecular weight is 278 g/mol. The van der Waals surface area contributed by atoms with Gasteiger partial charge in [0.2, 0.25) is 0 Å². The largest absolute Gasteiger partial charge is 0.465 e. The quantitative estimate of drug-likeness (QED) is 0.539. The van der Waals surface area contributed by atoms with Crippen molar-refractivity contribution in [1.82, 2.24) is 10.2 Å². The zero-order valence-corrected chi connectivity index (χ0v) is 12.2. The highest BCUT2D eigenvalue weighted by Crippen LogP contribution is 2.28. The molecule has 20 heavy (non-hydrogen) atoms. The van der Waals surface area contributed by atoms with Gasteiger partial charge in [-0.1, -0.05) is 24.3 Å². The van der Waals surface area contributed by atoms with Gasteiger partial charge in [0, 0.05) is 31.6 Å². The number of hydrogen-bond donors (Lipinski definition) is 2. The highest BCUT2D eigenvalue weighted by molar-refractivity contribution is 5.64. The normalized spacial score (nSPS) is 10.8. The maximum atomic E-state index is 10.8. The zero-order chi connectivity index (χ0) is 15.4. The maximum Gasteiger partial charge on any atom is 0.404 e. The molecule has 4 heteroatoms. The number of carboxylic acid groups (broad SMARTS) is 1. The number of amides is 1. The summed E-state index contributed by atoms with van der Waals surface area (Å²) in [5.41, 5.74) is -0.242. The Bertz CT molecular complexity index is 330. The Kier molecular flexibility index (Phi) is 9.13. The van der Waals surface area contributed by atoms with Crippen LogP contribution in [-0.4, -0.2) is 42.3 Å². The van der Waals surface area contributed by atoms with Gasteiger partial charge in [-0.05, 0) is 12.8 Å². The van der Waals surface area contributed by atoms with Crippen molar-refractivity contribution in [1.29, 1.82) is 0 Å². The van der Waals surface area contributed by atoms with E-state index in [1.807, 2.05) is 24.3 Å². The lowest BCUT2D eigenvalue weighted by molar-refractivity contribution is 0.155. The molecule has 0 saturated carbocycles. The van der Waals surface area contributed by atoms with Crippen LogP contribution >= 0.6 is 0 Å². The van der Waals surface area contributed by atoms with E-state index in [0.717, 1.165) is 19.6 Å². The summed E-state index contributed by atoms with van der Waals surface area (Å²) in [5, 5.41) is 11.3. The van der Waals surface area contributed by atoms with Crippen molar-refractivity contribution in [3.05, 3.63) is 50.6 Å². The van der Waals surface area contributed by atoms with Crippen molar-refractivity contribution in [3.8, 4) is 0 Å². The van der Waals surface area contributed by atoms with Crippen LogP contribution in [-0.2, 0) is 0 Å². The smallest absolute Gasteiger partial charge is 0.404 e. The maximum absolute atomic E-state index is 10.8. The molecule has 0 heterocycles. The molecule has 0 spiro atoms. The van der Waals surface area contributed by atoms with E-state index in [-0.39, 0.29) is 5.41 Å². The third-order valence-electron chi connectivity index (χ3n) is 3.10. The highest BCUT2D eigenvalue weighted by atomic mass is 16.4. The molecule has 0 bridgehead atoms. The van der Waals surface area contributed by atoms with E-state index in [9.17, 15) is 4.79 Å². The number of nitrogens with zero attached hydrogens (tertiary/aromatic N) is 1. The fraction of sp³-hybridized carbons (Fsp3) is 0.438. The molecule has 0 aliphatic rings. The van der Waals surface area contributed by atoms with E-state index in [1.54, 1.807) is 0 Å². The lowest BCUT2D eigenvalue weighted by Gasteiger charge is -2.36. The van der Waals surface area contributed by atoms with Gasteiger partial charge >= 0.3 is 6.09 Å². The van der Waals surface area contributed by atoms with E-state index in [4.69, 9.17) is 5.11 Å². The molecule has 0 aliphatic carbocycles. The van der Waals surface area contributed by atoms with Crippen molar-refractivity contribution < 1.29 is 9.90 Å². The minimum Gasteiger partial charge on any atom is -0.465 e. The Labute approximate surface area is 122 Å². The molecule has 0 rings (SSSR count). The molecular formula is C16H26N2O2. The summed E-state index contributed by atoms with van der Waals surface area (Å²) in [7, 11) is 0. The van der Waals surface area contributed by atoms with Crippen LogP contribution in [0.15, 0.2) is 50.6 Å². The summed E-state index contributed by atoms with van der Waals surface area (Å²) in [6.07, 6.45) is 7.73. The SMILES string of the molecule is C=CCN(CC=C)CC(CC=C)(CC=C)CNC(=O)O. The number of hydrogen-bond acceptors (Lipinski definition) is 2. The summed E-state index contributed by atoms with van der Waals surface area (Å²) < 4.78 is 0. The van der Waals surface area contributed by atoms with Gasteiger partial charge in [-0.3, -0.25) is 4.90 Å². The standard InChI is InChI=1S/C16H26N2O2/c1-5-9-16(10-6-2,13-17-15(19)20)14-18(11-7-3)12-8-4/h5-8,17H,1-4,9-14H2,(H,19,20). The van der Waals surface area contributed by atoms with Crippen LogP contribution in [0.5, 0.6) is 0 Å². The van der Waals surface area contributed by atoms with Gasteiger partial charge in [0.15, 0.2) is 0 Å². The van der Waals surface area contributed by atoms with Gasteiger partial charge in [0.1, 0.15) is 0 Å². The topological polar surface area (TPSA) is 52.6 Å². The summed E-state index contributed by atoms with van der Waals surface area (Å²) in [6, 6.07) is 0. The van der Waals surface area contributed by atoms with Crippen molar-refractivity contribution in [3.63, 3.8) is 0 Å². The molecule has 2 N–H and O–H groups in total. The Morgan fingerprint density at radius 1 is 1.05 bits per heavy atom. The first-order chi connectivity index (χ1) is 9.53. The van der Waals surface area contributed by atoms with Crippen molar-refractivity contribution in [2.45, 2.75) is 12.8 Å². The lowest BCUT2D eigenvalue weighted by atomic mass is 9.80. The third-order valence-corrected chi connectivity index (χ3v) is 3.10. The Balaban J connectivity index is 5.04. The molecule has 0 atom stereocenters. The van der Waals surface area contributed by atoms with Gasteiger partial charge in [-0.2, -0.15) is 0 Å². The van der Waals surface area contributed by atoms with Crippen molar-refractivity contribution in [2.24, 2.45) is 5.41 Å². The zero-order valence-electron chi connectivity index (χ0n) is 12.2. The van der Waals surface area contributed by atoms with Crippen LogP contribution in [0.25, 0.3) is 0 Å². The molecule has 0 unspecified atom stereocenters. The van der Waals surface area contributed by atoms with E-state index >= 15 is 0 Å². The molecule has 0 aromatic rings. The van der Waals surface area contributed by atoms with Gasteiger partial charge in [-0.25, -0.2) is 4.79 Å². The van der Waals surface area contributed by atoms with Crippen LogP contribution in [0, 0.1) is 5.41 Å². The second-order valence-corrected chi connectivity index (χ2v) is 4.92. The van der Waals surface area contributed by atoms with Gasteiger partial charge in [0.05, 0.1) is 0 Å². The minimum absolute atomic E-state index is 0.242. The minimum atomic E-state index is -1.01. The number of allylic oxidation sites excluding steroid dienone is 2. The van der Waals surface area contributed by atoms with Crippen LogP contribution in [0.1, 0.15) is 12.8 Å². The van der Waals surface area contributed by atoms with Crippen molar-refractivity contribution in [2.75, 3.05) is 26.2 Å². The van der Waals surface area contributed by atoms with E-state index in [1.165, 1.54) is 0 Å². The highest BCUT2D eigenvalue weighted by Gasteiger charge is 2.30. The predicted octanol–water partition coefficient (Wildman–Crippen LogP) is 3.07. The Hall–Kier alpha value is -1.81. The molecule has 0 aliphatic heterocycles. The first-order valence-electron chi connectivity index (χ1n) is 6.66.